The van der Waals surface area contributed by atoms with Crippen molar-refractivity contribution in [2.75, 3.05) is 6.61 Å². The maximum absolute atomic E-state index is 12.0. The van der Waals surface area contributed by atoms with Gasteiger partial charge in [0.2, 0.25) is 5.78 Å². The Balaban J connectivity index is 2.12. The smallest absolute Gasteiger partial charge is 0.201 e. The third kappa shape index (κ3) is 3.67. The number of ether oxygens (including phenoxy) is 1. The monoisotopic (exact) mass is 392 g/mol. The summed E-state index contributed by atoms with van der Waals surface area (Å²) in [4.78, 5) is 12.0. The molecule has 0 fully saturated rings. The average Bonchev–Trinajstić information content (AvgIpc) is 2.41. The van der Waals surface area contributed by atoms with E-state index in [-0.39, 0.29) is 12.4 Å². The molecule has 0 bridgehead atoms. The second-order valence-electron chi connectivity index (χ2n) is 3.89. The molecule has 2 nitrogen and oxygen atoms in total. The van der Waals surface area contributed by atoms with Crippen LogP contribution in [-0.4, -0.2) is 12.4 Å². The molecular formula is C14H8BrCl3O2. The van der Waals surface area contributed by atoms with Gasteiger partial charge in [0.15, 0.2) is 6.61 Å². The summed E-state index contributed by atoms with van der Waals surface area (Å²) in [6, 6.07) is 9.95. The lowest BCUT2D eigenvalue weighted by Crippen LogP contribution is -2.12. The Morgan fingerprint density at radius 2 is 1.75 bits per heavy atom. The molecule has 104 valence electrons. The fourth-order valence-corrected chi connectivity index (χ4v) is 2.61. The van der Waals surface area contributed by atoms with Gasteiger partial charge in [-0.2, -0.15) is 0 Å². The molecule has 0 radical (unpaired) electrons. The van der Waals surface area contributed by atoms with E-state index in [1.165, 1.54) is 0 Å². The Hall–Kier alpha value is -0.740. The Bertz CT molecular complexity index is 659. The van der Waals surface area contributed by atoms with E-state index >= 15 is 0 Å². The quantitative estimate of drug-likeness (QED) is 0.493. The van der Waals surface area contributed by atoms with E-state index in [4.69, 9.17) is 39.5 Å². The van der Waals surface area contributed by atoms with Crippen LogP contribution in [0.4, 0.5) is 0 Å². The third-order valence-electron chi connectivity index (χ3n) is 2.51. The summed E-state index contributed by atoms with van der Waals surface area (Å²) in [6.07, 6.45) is 0. The van der Waals surface area contributed by atoms with Crippen molar-refractivity contribution in [2.24, 2.45) is 0 Å². The Kier molecular flexibility index (Phi) is 5.33. The van der Waals surface area contributed by atoms with E-state index in [1.807, 2.05) is 0 Å². The molecule has 0 unspecified atom stereocenters. The second kappa shape index (κ2) is 6.81. The number of Topliss-reactive ketones (excluding diaryl/α,β-unsaturated/α-hetero) is 1. The van der Waals surface area contributed by atoms with Gasteiger partial charge in [-0.25, -0.2) is 0 Å². The first kappa shape index (κ1) is 15.6. The van der Waals surface area contributed by atoms with Gasteiger partial charge >= 0.3 is 0 Å². The lowest BCUT2D eigenvalue weighted by molar-refractivity contribution is 0.0922. The third-order valence-corrected chi connectivity index (χ3v) is 4.33. The minimum Gasteiger partial charge on any atom is -0.484 e. The molecule has 2 aromatic rings. The zero-order valence-corrected chi connectivity index (χ0v) is 13.9. The highest BCUT2D eigenvalue weighted by Crippen LogP contribution is 2.34. The highest BCUT2D eigenvalue weighted by Gasteiger charge is 2.12. The molecule has 20 heavy (non-hydrogen) atoms. The number of carbonyl (C=O) groups is 1. The van der Waals surface area contributed by atoms with Gasteiger partial charge in [-0.3, -0.25) is 4.79 Å². The first-order valence-corrected chi connectivity index (χ1v) is 7.47. The van der Waals surface area contributed by atoms with Crippen LogP contribution >= 0.6 is 50.7 Å². The topological polar surface area (TPSA) is 26.3 Å². The Labute approximate surface area is 139 Å². The summed E-state index contributed by atoms with van der Waals surface area (Å²) < 4.78 is 6.06. The van der Waals surface area contributed by atoms with Crippen molar-refractivity contribution in [1.82, 2.24) is 0 Å². The summed E-state index contributed by atoms with van der Waals surface area (Å²) in [5.74, 6) is 0.117. The fourth-order valence-electron chi connectivity index (χ4n) is 1.52. The normalized spacial score (nSPS) is 10.4. The predicted molar refractivity (Wildman–Crippen MR) is 85.4 cm³/mol. The van der Waals surface area contributed by atoms with Crippen molar-refractivity contribution in [1.29, 1.82) is 0 Å². The van der Waals surface area contributed by atoms with E-state index in [0.717, 1.165) is 0 Å². The van der Waals surface area contributed by atoms with Crippen LogP contribution in [0.2, 0.25) is 15.1 Å². The maximum Gasteiger partial charge on any atom is 0.201 e. The summed E-state index contributed by atoms with van der Waals surface area (Å²) in [5.41, 5.74) is 0.411. The van der Waals surface area contributed by atoms with Crippen molar-refractivity contribution in [3.05, 3.63) is 61.5 Å². The van der Waals surface area contributed by atoms with Gasteiger partial charge < -0.3 is 4.74 Å². The predicted octanol–water partition coefficient (Wildman–Crippen LogP) is 5.67. The average molecular weight is 394 g/mol. The van der Waals surface area contributed by atoms with E-state index in [2.05, 4.69) is 15.9 Å². The molecule has 0 amide bonds. The number of carbonyl (C=O) groups excluding carboxylic acids is 1. The molecule has 0 aliphatic carbocycles. The van der Waals surface area contributed by atoms with Crippen LogP contribution in [0.3, 0.4) is 0 Å². The molecular weight excluding hydrogens is 386 g/mol. The molecule has 0 saturated carbocycles. The van der Waals surface area contributed by atoms with Gasteiger partial charge in [-0.1, -0.05) is 46.9 Å². The number of benzene rings is 2. The number of ketones is 1. The Morgan fingerprint density at radius 1 is 1.05 bits per heavy atom. The van der Waals surface area contributed by atoms with Crippen LogP contribution in [0.5, 0.6) is 5.75 Å². The molecule has 0 saturated heterocycles. The van der Waals surface area contributed by atoms with Crippen LogP contribution in [0, 0.1) is 0 Å². The van der Waals surface area contributed by atoms with Crippen molar-refractivity contribution in [3.63, 3.8) is 0 Å². The molecule has 0 aliphatic heterocycles. The number of hydrogen-bond donors (Lipinski definition) is 0. The van der Waals surface area contributed by atoms with Crippen LogP contribution in [0.15, 0.2) is 40.9 Å². The SMILES string of the molecule is O=C(COc1cc(Cl)c(Br)cc1Cl)c1ccccc1Cl. The molecule has 0 aliphatic rings. The molecule has 0 spiro atoms. The largest absolute Gasteiger partial charge is 0.484 e. The maximum atomic E-state index is 12.0. The molecule has 2 aromatic carbocycles. The molecule has 2 rings (SSSR count). The number of hydrogen-bond acceptors (Lipinski definition) is 2. The van der Waals surface area contributed by atoms with Crippen LogP contribution in [0.25, 0.3) is 0 Å². The first-order chi connectivity index (χ1) is 9.49. The van der Waals surface area contributed by atoms with Gasteiger partial charge in [0.1, 0.15) is 5.75 Å². The first-order valence-electron chi connectivity index (χ1n) is 5.54. The molecule has 0 heterocycles. The van der Waals surface area contributed by atoms with Crippen molar-refractivity contribution in [3.8, 4) is 5.75 Å². The second-order valence-corrected chi connectivity index (χ2v) is 5.96. The van der Waals surface area contributed by atoms with E-state index in [0.29, 0.717) is 30.9 Å². The molecule has 0 aromatic heterocycles. The van der Waals surface area contributed by atoms with Crippen molar-refractivity contribution >= 4 is 56.5 Å². The van der Waals surface area contributed by atoms with Crippen molar-refractivity contribution < 1.29 is 9.53 Å². The summed E-state index contributed by atoms with van der Waals surface area (Å²) in [6.45, 7) is -0.165. The van der Waals surface area contributed by atoms with Gasteiger partial charge in [-0.15, -0.1) is 0 Å². The van der Waals surface area contributed by atoms with Gasteiger partial charge in [-0.05, 0) is 34.1 Å². The molecule has 0 atom stereocenters. The highest BCUT2D eigenvalue weighted by atomic mass is 79.9. The van der Waals surface area contributed by atoms with Gasteiger partial charge in [0.05, 0.1) is 15.1 Å². The number of rotatable bonds is 4. The fraction of sp³-hybridized carbons (Fsp3) is 0.0714. The minimum absolute atomic E-state index is 0.165. The van der Waals surface area contributed by atoms with Gasteiger partial charge in [0.25, 0.3) is 0 Å². The van der Waals surface area contributed by atoms with Gasteiger partial charge in [0, 0.05) is 16.1 Å². The van der Waals surface area contributed by atoms with Crippen molar-refractivity contribution in [2.45, 2.75) is 0 Å². The van der Waals surface area contributed by atoms with E-state index in [9.17, 15) is 4.79 Å². The molecule has 6 heteroatoms. The zero-order chi connectivity index (χ0) is 14.7. The van der Waals surface area contributed by atoms with E-state index in [1.54, 1.807) is 36.4 Å². The highest BCUT2D eigenvalue weighted by molar-refractivity contribution is 9.10. The Morgan fingerprint density at radius 3 is 2.45 bits per heavy atom. The number of halogens is 4. The minimum atomic E-state index is -0.231. The van der Waals surface area contributed by atoms with Crippen LogP contribution in [0.1, 0.15) is 10.4 Å². The summed E-state index contributed by atoms with van der Waals surface area (Å²) in [7, 11) is 0. The standard InChI is InChI=1S/C14H8BrCl3O2/c15-9-5-12(18)14(6-11(9)17)20-7-13(19)8-3-1-2-4-10(8)16/h1-6H,7H2. The zero-order valence-electron chi connectivity index (χ0n) is 10.00. The molecule has 0 N–H and O–H groups in total. The lowest BCUT2D eigenvalue weighted by Gasteiger charge is -2.09. The summed E-state index contributed by atoms with van der Waals surface area (Å²) in [5, 5.41) is 1.21. The lowest BCUT2D eigenvalue weighted by atomic mass is 10.1. The van der Waals surface area contributed by atoms with E-state index < -0.39 is 0 Å². The summed E-state index contributed by atoms with van der Waals surface area (Å²) >= 11 is 21.2. The van der Waals surface area contributed by atoms with Crippen LogP contribution in [-0.2, 0) is 0 Å². The van der Waals surface area contributed by atoms with Crippen LogP contribution < -0.4 is 4.74 Å².